The summed E-state index contributed by atoms with van der Waals surface area (Å²) >= 11 is 7.45. The molecule has 3 heterocycles. The molecule has 29 heavy (non-hydrogen) atoms. The molecule has 0 aliphatic rings. The van der Waals surface area contributed by atoms with Crippen LogP contribution in [0.4, 0.5) is 0 Å². The molecule has 7 nitrogen and oxygen atoms in total. The zero-order chi connectivity index (χ0) is 20.2. The first-order valence-corrected chi connectivity index (χ1v) is 9.93. The lowest BCUT2D eigenvalue weighted by Gasteiger charge is -2.10. The molecule has 0 N–H and O–H groups in total. The van der Waals surface area contributed by atoms with Crippen LogP contribution in [0.25, 0.3) is 17.1 Å². The predicted molar refractivity (Wildman–Crippen MR) is 109 cm³/mol. The molecule has 3 aromatic heterocycles. The zero-order valence-electron chi connectivity index (χ0n) is 15.3. The van der Waals surface area contributed by atoms with E-state index in [0.717, 1.165) is 11.3 Å². The number of nitrogens with zero attached hydrogens (tertiary/aromatic N) is 4. The Labute approximate surface area is 175 Å². The molecule has 0 aliphatic heterocycles. The Morgan fingerprint density at radius 1 is 1.14 bits per heavy atom. The molecule has 0 aliphatic carbocycles. The van der Waals surface area contributed by atoms with Crippen molar-refractivity contribution in [1.29, 1.82) is 0 Å². The summed E-state index contributed by atoms with van der Waals surface area (Å²) < 4.78 is 12.2. The number of aromatic nitrogens is 4. The van der Waals surface area contributed by atoms with Gasteiger partial charge in [-0.05, 0) is 42.5 Å². The van der Waals surface area contributed by atoms with Crippen LogP contribution in [-0.4, -0.2) is 32.8 Å². The lowest BCUT2D eigenvalue weighted by molar-refractivity contribution is 0.0598. The van der Waals surface area contributed by atoms with Gasteiger partial charge in [-0.15, -0.1) is 10.2 Å². The number of esters is 1. The number of carbonyl (C=O) groups excluding carboxylic acids is 1. The summed E-state index contributed by atoms with van der Waals surface area (Å²) in [4.78, 5) is 15.9. The van der Waals surface area contributed by atoms with Crippen LogP contribution in [0.2, 0.25) is 5.02 Å². The van der Waals surface area contributed by atoms with Gasteiger partial charge in [0, 0.05) is 28.7 Å². The summed E-state index contributed by atoms with van der Waals surface area (Å²) in [6, 6.07) is 12.7. The first-order valence-electron chi connectivity index (χ1n) is 8.56. The van der Waals surface area contributed by atoms with E-state index in [4.69, 9.17) is 20.8 Å². The quantitative estimate of drug-likeness (QED) is 0.327. The van der Waals surface area contributed by atoms with E-state index in [9.17, 15) is 4.79 Å². The molecule has 0 saturated carbocycles. The maximum absolute atomic E-state index is 11.9. The Morgan fingerprint density at radius 2 is 1.90 bits per heavy atom. The van der Waals surface area contributed by atoms with E-state index in [1.807, 2.05) is 41.0 Å². The highest BCUT2D eigenvalue weighted by Gasteiger charge is 2.19. The minimum absolute atomic E-state index is 0.388. The van der Waals surface area contributed by atoms with Gasteiger partial charge in [-0.3, -0.25) is 9.55 Å². The average molecular weight is 427 g/mol. The van der Waals surface area contributed by atoms with E-state index in [0.29, 0.717) is 33.1 Å². The monoisotopic (exact) mass is 426 g/mol. The molecule has 146 valence electrons. The van der Waals surface area contributed by atoms with E-state index < -0.39 is 5.97 Å². The fraction of sp³-hybridized carbons (Fsp3) is 0.100. The van der Waals surface area contributed by atoms with Gasteiger partial charge in [0.25, 0.3) is 0 Å². The van der Waals surface area contributed by atoms with Gasteiger partial charge in [-0.1, -0.05) is 23.4 Å². The van der Waals surface area contributed by atoms with Crippen LogP contribution in [0.3, 0.4) is 0 Å². The summed E-state index contributed by atoms with van der Waals surface area (Å²) in [5.74, 6) is 1.13. The maximum Gasteiger partial charge on any atom is 0.341 e. The molecule has 0 atom stereocenters. The fourth-order valence-electron chi connectivity index (χ4n) is 2.75. The van der Waals surface area contributed by atoms with Crippen molar-refractivity contribution < 1.29 is 13.9 Å². The van der Waals surface area contributed by atoms with Gasteiger partial charge >= 0.3 is 5.97 Å². The van der Waals surface area contributed by atoms with Crippen molar-refractivity contribution >= 4 is 29.3 Å². The molecule has 0 bridgehead atoms. The van der Waals surface area contributed by atoms with Crippen LogP contribution in [0.5, 0.6) is 0 Å². The molecule has 0 amide bonds. The molecule has 1 aromatic carbocycles. The number of thioether (sulfide) groups is 1. The van der Waals surface area contributed by atoms with Crippen LogP contribution in [0.15, 0.2) is 70.7 Å². The third-order valence-corrected chi connectivity index (χ3v) is 5.32. The highest BCUT2D eigenvalue weighted by Crippen LogP contribution is 2.31. The number of furan rings is 1. The number of pyridine rings is 1. The van der Waals surface area contributed by atoms with Gasteiger partial charge in [0.15, 0.2) is 11.0 Å². The van der Waals surface area contributed by atoms with E-state index in [2.05, 4.69) is 15.2 Å². The van der Waals surface area contributed by atoms with Crippen LogP contribution < -0.4 is 0 Å². The van der Waals surface area contributed by atoms with E-state index in [1.54, 1.807) is 18.5 Å². The summed E-state index contributed by atoms with van der Waals surface area (Å²) in [6.07, 6.45) is 4.87. The number of rotatable bonds is 6. The minimum Gasteiger partial charge on any atom is -0.468 e. The molecule has 0 saturated heterocycles. The Bertz CT molecular complexity index is 1130. The number of halogens is 1. The fourth-order valence-corrected chi connectivity index (χ4v) is 3.78. The van der Waals surface area contributed by atoms with Crippen molar-refractivity contribution in [2.75, 3.05) is 7.11 Å². The first-order chi connectivity index (χ1) is 14.2. The van der Waals surface area contributed by atoms with Crippen molar-refractivity contribution in [3.63, 3.8) is 0 Å². The number of hydrogen-bond donors (Lipinski definition) is 0. The Balaban J connectivity index is 1.70. The van der Waals surface area contributed by atoms with Crippen molar-refractivity contribution in [3.05, 3.63) is 77.5 Å². The highest BCUT2D eigenvalue weighted by atomic mass is 35.5. The Kier molecular flexibility index (Phi) is 5.64. The number of hydrogen-bond acceptors (Lipinski definition) is 7. The van der Waals surface area contributed by atoms with Crippen molar-refractivity contribution in [2.24, 2.45) is 0 Å². The first kappa shape index (κ1) is 19.2. The van der Waals surface area contributed by atoms with Crippen LogP contribution in [0, 0.1) is 0 Å². The second-order valence-electron chi connectivity index (χ2n) is 5.89. The number of carbonyl (C=O) groups is 1. The number of ether oxygens (including phenoxy) is 1. The third-order valence-electron chi connectivity index (χ3n) is 4.14. The van der Waals surface area contributed by atoms with Crippen molar-refractivity contribution in [2.45, 2.75) is 10.9 Å². The molecule has 4 rings (SSSR count). The lowest BCUT2D eigenvalue weighted by Crippen LogP contribution is -2.03. The Hall–Kier alpha value is -3.10. The van der Waals surface area contributed by atoms with Crippen LogP contribution in [0.1, 0.15) is 16.1 Å². The van der Waals surface area contributed by atoms with Gasteiger partial charge in [0.05, 0.1) is 19.1 Å². The van der Waals surface area contributed by atoms with E-state index >= 15 is 0 Å². The molecule has 0 radical (unpaired) electrons. The van der Waals surface area contributed by atoms with E-state index in [-0.39, 0.29) is 0 Å². The zero-order valence-corrected chi connectivity index (χ0v) is 16.9. The molecular formula is C20H15ClN4O3S. The summed E-state index contributed by atoms with van der Waals surface area (Å²) in [7, 11) is 1.34. The van der Waals surface area contributed by atoms with Gasteiger partial charge in [-0.2, -0.15) is 0 Å². The van der Waals surface area contributed by atoms with Gasteiger partial charge in [0.1, 0.15) is 11.3 Å². The van der Waals surface area contributed by atoms with Gasteiger partial charge < -0.3 is 9.15 Å². The molecule has 0 spiro atoms. The normalized spacial score (nSPS) is 10.8. The van der Waals surface area contributed by atoms with Crippen molar-refractivity contribution in [3.8, 4) is 17.1 Å². The standard InChI is InChI=1S/C20H15ClN4O3S/c1-27-19(26)16-8-11-28-17(16)12-29-20-24-23-18(13-6-9-22-10-7-13)25(20)15-4-2-14(21)3-5-15/h2-11H,12H2,1H3. The minimum atomic E-state index is -0.439. The molecule has 0 fully saturated rings. The maximum atomic E-state index is 11.9. The summed E-state index contributed by atoms with van der Waals surface area (Å²) in [6.45, 7) is 0. The topological polar surface area (TPSA) is 83.0 Å². The van der Waals surface area contributed by atoms with Crippen LogP contribution in [-0.2, 0) is 10.5 Å². The van der Waals surface area contributed by atoms with Gasteiger partial charge in [-0.25, -0.2) is 4.79 Å². The van der Waals surface area contributed by atoms with E-state index in [1.165, 1.54) is 25.1 Å². The second kappa shape index (κ2) is 8.50. The summed E-state index contributed by atoms with van der Waals surface area (Å²) in [5.41, 5.74) is 2.14. The predicted octanol–water partition coefficient (Wildman–Crippen LogP) is 4.65. The largest absolute Gasteiger partial charge is 0.468 e. The molecule has 4 aromatic rings. The lowest BCUT2D eigenvalue weighted by atomic mass is 10.2. The third kappa shape index (κ3) is 4.03. The number of methoxy groups -OCH3 is 1. The average Bonchev–Trinajstić information content (AvgIpc) is 3.40. The molecule has 0 unspecified atom stereocenters. The second-order valence-corrected chi connectivity index (χ2v) is 7.27. The summed E-state index contributed by atoms with van der Waals surface area (Å²) in [5, 5.41) is 10.0. The Morgan fingerprint density at radius 3 is 2.62 bits per heavy atom. The van der Waals surface area contributed by atoms with Gasteiger partial charge in [0.2, 0.25) is 0 Å². The molecule has 9 heteroatoms. The number of benzene rings is 1. The SMILES string of the molecule is COC(=O)c1ccoc1CSc1nnc(-c2ccncc2)n1-c1ccc(Cl)cc1. The smallest absolute Gasteiger partial charge is 0.341 e. The molecular weight excluding hydrogens is 412 g/mol. The van der Waals surface area contributed by atoms with Crippen LogP contribution >= 0.6 is 23.4 Å². The highest BCUT2D eigenvalue weighted by molar-refractivity contribution is 7.98. The van der Waals surface area contributed by atoms with Crippen molar-refractivity contribution in [1.82, 2.24) is 19.7 Å².